The van der Waals surface area contributed by atoms with E-state index in [1.165, 1.54) is 12.1 Å². The molecule has 1 N–H and O–H groups in total. The molecule has 0 radical (unpaired) electrons. The minimum atomic E-state index is -0.567. The normalized spacial score (nSPS) is 12.4. The maximum Gasteiger partial charge on any atom is 0.123 e. The molecule has 0 bridgehead atoms. The molecule has 1 unspecified atom stereocenters. The molecule has 0 heterocycles. The molecule has 0 aliphatic rings. The Kier molecular flexibility index (Phi) is 6.33. The second kappa shape index (κ2) is 7.80. The minimum absolute atomic E-state index is 0.286. The molecular weight excluding hydrogens is 229 g/mol. The van der Waals surface area contributed by atoms with Gasteiger partial charge in [0.15, 0.2) is 0 Å². The number of benzene rings is 1. The molecule has 0 aliphatic carbocycles. The molecule has 0 aliphatic heterocycles. The highest BCUT2D eigenvalue weighted by Crippen LogP contribution is 2.17. The fourth-order valence-corrected chi connectivity index (χ4v) is 1.78. The van der Waals surface area contributed by atoms with E-state index in [9.17, 15) is 9.50 Å². The molecule has 1 aromatic rings. The van der Waals surface area contributed by atoms with Gasteiger partial charge in [-0.3, -0.25) is 4.90 Å². The first kappa shape index (κ1) is 14.6. The van der Waals surface area contributed by atoms with Crippen LogP contribution in [-0.2, 0) is 0 Å². The smallest absolute Gasteiger partial charge is 0.123 e. The molecule has 0 saturated heterocycles. The third-order valence-electron chi connectivity index (χ3n) is 2.75. The minimum Gasteiger partial charge on any atom is -0.388 e. The number of rotatable bonds is 8. The first-order chi connectivity index (χ1) is 8.67. The highest BCUT2D eigenvalue weighted by molar-refractivity contribution is 5.18. The Labute approximate surface area is 108 Å². The average molecular weight is 249 g/mol. The van der Waals surface area contributed by atoms with Gasteiger partial charge in [-0.15, -0.1) is 13.2 Å². The number of nitrogens with zero attached hydrogens (tertiary/aromatic N) is 1. The van der Waals surface area contributed by atoms with Crippen molar-refractivity contribution in [2.75, 3.05) is 19.6 Å². The summed E-state index contributed by atoms with van der Waals surface area (Å²) in [5, 5.41) is 10.00. The van der Waals surface area contributed by atoms with Crippen molar-refractivity contribution in [1.29, 1.82) is 0 Å². The van der Waals surface area contributed by atoms with Crippen molar-refractivity contribution in [3.63, 3.8) is 0 Å². The molecule has 18 heavy (non-hydrogen) atoms. The number of hydrogen-bond acceptors (Lipinski definition) is 2. The van der Waals surface area contributed by atoms with Crippen LogP contribution in [0.1, 0.15) is 18.1 Å². The highest BCUT2D eigenvalue weighted by atomic mass is 19.1. The number of hydrogen-bond donors (Lipinski definition) is 1. The second-order valence-electron chi connectivity index (χ2n) is 4.19. The molecule has 0 saturated carbocycles. The van der Waals surface area contributed by atoms with Crippen molar-refractivity contribution in [3.05, 3.63) is 61.0 Å². The molecule has 0 aromatic heterocycles. The van der Waals surface area contributed by atoms with Crippen molar-refractivity contribution in [2.45, 2.75) is 12.5 Å². The molecule has 1 aromatic carbocycles. The van der Waals surface area contributed by atoms with Gasteiger partial charge in [0.1, 0.15) is 5.82 Å². The molecule has 2 nitrogen and oxygen atoms in total. The maximum absolute atomic E-state index is 12.8. The van der Waals surface area contributed by atoms with E-state index in [1.54, 1.807) is 12.1 Å². The second-order valence-corrected chi connectivity index (χ2v) is 4.19. The van der Waals surface area contributed by atoms with Crippen molar-refractivity contribution in [3.8, 4) is 0 Å². The topological polar surface area (TPSA) is 23.5 Å². The Balaban J connectivity index is 2.48. The van der Waals surface area contributed by atoms with Gasteiger partial charge in [0.2, 0.25) is 0 Å². The summed E-state index contributed by atoms with van der Waals surface area (Å²) in [6.45, 7) is 9.67. The van der Waals surface area contributed by atoms with E-state index in [4.69, 9.17) is 0 Å². The van der Waals surface area contributed by atoms with Crippen LogP contribution in [0.4, 0.5) is 4.39 Å². The monoisotopic (exact) mass is 249 g/mol. The van der Waals surface area contributed by atoms with Crippen LogP contribution in [0, 0.1) is 5.82 Å². The van der Waals surface area contributed by atoms with Gasteiger partial charge in [-0.2, -0.15) is 0 Å². The zero-order valence-electron chi connectivity index (χ0n) is 10.6. The Hall–Kier alpha value is -1.45. The summed E-state index contributed by atoms with van der Waals surface area (Å²) in [4.78, 5) is 2.13. The maximum atomic E-state index is 12.8. The van der Waals surface area contributed by atoms with E-state index < -0.39 is 6.10 Å². The van der Waals surface area contributed by atoms with Gasteiger partial charge < -0.3 is 5.11 Å². The van der Waals surface area contributed by atoms with E-state index in [-0.39, 0.29) is 5.82 Å². The van der Waals surface area contributed by atoms with E-state index in [2.05, 4.69) is 18.1 Å². The lowest BCUT2D eigenvalue weighted by Gasteiger charge is -2.20. The highest BCUT2D eigenvalue weighted by Gasteiger charge is 2.09. The summed E-state index contributed by atoms with van der Waals surface area (Å²) in [6, 6.07) is 5.96. The van der Waals surface area contributed by atoms with Crippen LogP contribution in [0.3, 0.4) is 0 Å². The van der Waals surface area contributed by atoms with Gasteiger partial charge >= 0.3 is 0 Å². The van der Waals surface area contributed by atoms with Crippen LogP contribution < -0.4 is 0 Å². The van der Waals surface area contributed by atoms with Gasteiger partial charge in [-0.1, -0.05) is 24.3 Å². The van der Waals surface area contributed by atoms with Gasteiger partial charge in [0, 0.05) is 19.6 Å². The van der Waals surface area contributed by atoms with Crippen LogP contribution in [-0.4, -0.2) is 29.6 Å². The fourth-order valence-electron chi connectivity index (χ4n) is 1.78. The molecule has 0 fully saturated rings. The SMILES string of the molecule is C=CCN(CC=C)CCC(O)c1ccc(F)cc1. The van der Waals surface area contributed by atoms with Crippen molar-refractivity contribution in [1.82, 2.24) is 4.90 Å². The summed E-state index contributed by atoms with van der Waals surface area (Å²) in [6.07, 6.45) is 3.69. The Morgan fingerprint density at radius 2 is 1.72 bits per heavy atom. The van der Waals surface area contributed by atoms with Crippen LogP contribution in [0.25, 0.3) is 0 Å². The van der Waals surface area contributed by atoms with Crippen LogP contribution in [0.5, 0.6) is 0 Å². The summed E-state index contributed by atoms with van der Waals surface area (Å²) in [5.74, 6) is -0.286. The first-order valence-corrected chi connectivity index (χ1v) is 6.05. The standard InChI is InChI=1S/C15H20FNO/c1-3-10-17(11-4-2)12-9-15(18)13-5-7-14(16)8-6-13/h3-8,15,18H,1-2,9-12H2. The lowest BCUT2D eigenvalue weighted by molar-refractivity contribution is 0.148. The van der Waals surface area contributed by atoms with Crippen LogP contribution >= 0.6 is 0 Å². The van der Waals surface area contributed by atoms with Gasteiger partial charge in [-0.25, -0.2) is 4.39 Å². The van der Waals surface area contributed by atoms with Crippen molar-refractivity contribution < 1.29 is 9.50 Å². The molecule has 1 atom stereocenters. The molecule has 1 rings (SSSR count). The molecule has 0 amide bonds. The number of halogens is 1. The largest absolute Gasteiger partial charge is 0.388 e. The summed E-state index contributed by atoms with van der Waals surface area (Å²) in [5.41, 5.74) is 0.744. The van der Waals surface area contributed by atoms with Gasteiger partial charge in [0.25, 0.3) is 0 Å². The van der Waals surface area contributed by atoms with Crippen LogP contribution in [0.15, 0.2) is 49.6 Å². The van der Waals surface area contributed by atoms with E-state index in [0.29, 0.717) is 6.42 Å². The Bertz CT molecular complexity index is 365. The fraction of sp³-hybridized carbons (Fsp3) is 0.333. The predicted octanol–water partition coefficient (Wildman–Crippen LogP) is 2.92. The molecule has 0 spiro atoms. The quantitative estimate of drug-likeness (QED) is 0.716. The van der Waals surface area contributed by atoms with E-state index in [0.717, 1.165) is 25.2 Å². The van der Waals surface area contributed by atoms with Gasteiger partial charge in [0.05, 0.1) is 6.10 Å². The third kappa shape index (κ3) is 4.82. The molecule has 98 valence electrons. The van der Waals surface area contributed by atoms with Crippen molar-refractivity contribution in [2.24, 2.45) is 0 Å². The zero-order chi connectivity index (χ0) is 13.4. The number of aliphatic hydroxyl groups excluding tert-OH is 1. The summed E-state index contributed by atoms with van der Waals surface area (Å²) in [7, 11) is 0. The molecule has 3 heteroatoms. The van der Waals surface area contributed by atoms with Crippen LogP contribution in [0.2, 0.25) is 0 Å². The average Bonchev–Trinajstić information content (AvgIpc) is 2.37. The first-order valence-electron chi connectivity index (χ1n) is 6.05. The predicted molar refractivity (Wildman–Crippen MR) is 72.8 cm³/mol. The summed E-state index contributed by atoms with van der Waals surface area (Å²) < 4.78 is 12.8. The summed E-state index contributed by atoms with van der Waals surface area (Å²) >= 11 is 0. The van der Waals surface area contributed by atoms with Gasteiger partial charge in [-0.05, 0) is 24.1 Å². The zero-order valence-corrected chi connectivity index (χ0v) is 10.6. The lowest BCUT2D eigenvalue weighted by Crippen LogP contribution is -2.26. The lowest BCUT2D eigenvalue weighted by atomic mass is 10.1. The third-order valence-corrected chi connectivity index (χ3v) is 2.75. The van der Waals surface area contributed by atoms with Crippen molar-refractivity contribution >= 4 is 0 Å². The van der Waals surface area contributed by atoms with E-state index in [1.807, 2.05) is 12.2 Å². The van der Waals surface area contributed by atoms with E-state index >= 15 is 0 Å². The molecular formula is C15H20FNO. The number of aliphatic hydroxyl groups is 1. The Morgan fingerprint density at radius 3 is 2.22 bits per heavy atom. The Morgan fingerprint density at radius 1 is 1.17 bits per heavy atom.